The Morgan fingerprint density at radius 2 is 2.36 bits per heavy atom. The summed E-state index contributed by atoms with van der Waals surface area (Å²) in [6.45, 7) is 3.21. The molecule has 0 aromatic carbocycles. The summed E-state index contributed by atoms with van der Waals surface area (Å²) in [5.41, 5.74) is 2.45. The van der Waals surface area contributed by atoms with E-state index in [1.807, 2.05) is 22.8 Å². The van der Waals surface area contributed by atoms with Gasteiger partial charge in [-0.1, -0.05) is 13.0 Å². The van der Waals surface area contributed by atoms with Crippen molar-refractivity contribution in [2.24, 2.45) is 0 Å². The Morgan fingerprint density at radius 3 is 3.14 bits per heavy atom. The van der Waals surface area contributed by atoms with Crippen molar-refractivity contribution in [3.63, 3.8) is 0 Å². The predicted molar refractivity (Wildman–Crippen MR) is 84.1 cm³/mol. The first kappa shape index (κ1) is 14.7. The maximum absolute atomic E-state index is 13.1. The van der Waals surface area contributed by atoms with Crippen molar-refractivity contribution in [1.82, 2.24) is 14.5 Å². The fourth-order valence-electron chi connectivity index (χ4n) is 2.25. The van der Waals surface area contributed by atoms with E-state index in [1.165, 1.54) is 0 Å². The van der Waals surface area contributed by atoms with Crippen LogP contribution in [-0.2, 0) is 11.5 Å². The van der Waals surface area contributed by atoms with Gasteiger partial charge in [-0.25, -0.2) is 14.4 Å². The van der Waals surface area contributed by atoms with Gasteiger partial charge in [0.1, 0.15) is 24.2 Å². The number of halogens is 1. The molecule has 0 aliphatic heterocycles. The van der Waals surface area contributed by atoms with E-state index >= 15 is 0 Å². The molecule has 22 heavy (non-hydrogen) atoms. The number of aromatic nitrogens is 3. The Balaban J connectivity index is 1.76. The summed E-state index contributed by atoms with van der Waals surface area (Å²) in [6.07, 6.45) is 7.32. The molecule has 0 amide bonds. The molecule has 1 aliphatic carbocycles. The summed E-state index contributed by atoms with van der Waals surface area (Å²) in [4.78, 5) is 8.88. The molecule has 2 aromatic heterocycles. The maximum atomic E-state index is 13.1. The Morgan fingerprint density at radius 1 is 1.45 bits per heavy atom. The summed E-state index contributed by atoms with van der Waals surface area (Å²) in [5, 5.41) is 3.19. The van der Waals surface area contributed by atoms with E-state index < -0.39 is 6.17 Å². The summed E-state index contributed by atoms with van der Waals surface area (Å²) >= 11 is 0. The number of hydrogen-bond donors (Lipinski definition) is 1. The van der Waals surface area contributed by atoms with Crippen LogP contribution in [-0.4, -0.2) is 27.3 Å². The first-order valence-electron chi connectivity index (χ1n) is 7.45. The van der Waals surface area contributed by atoms with Crippen molar-refractivity contribution in [3.05, 3.63) is 42.4 Å². The molecule has 0 spiro atoms. The summed E-state index contributed by atoms with van der Waals surface area (Å²) in [5.74, 6) is 0.706. The SMILES string of the molecule is CCCOCn1cnc2ccc(NC3=CCC(F)C=C3)nc21. The number of hydrogen-bond acceptors (Lipinski definition) is 4. The molecule has 0 bridgehead atoms. The Hall–Kier alpha value is -2.21. The lowest BCUT2D eigenvalue weighted by molar-refractivity contribution is 0.0797. The van der Waals surface area contributed by atoms with Crippen LogP contribution >= 0.6 is 0 Å². The zero-order valence-corrected chi connectivity index (χ0v) is 12.5. The molecule has 1 aliphatic rings. The number of ether oxygens (including phenoxy) is 1. The number of imidazole rings is 1. The summed E-state index contributed by atoms with van der Waals surface area (Å²) in [7, 11) is 0. The van der Waals surface area contributed by atoms with Crippen molar-refractivity contribution in [2.45, 2.75) is 32.7 Å². The van der Waals surface area contributed by atoms with Crippen molar-refractivity contribution in [1.29, 1.82) is 0 Å². The van der Waals surface area contributed by atoms with Crippen LogP contribution < -0.4 is 5.32 Å². The third-order valence-corrected chi connectivity index (χ3v) is 3.36. The highest BCUT2D eigenvalue weighted by Gasteiger charge is 2.09. The zero-order valence-electron chi connectivity index (χ0n) is 12.5. The average Bonchev–Trinajstić information content (AvgIpc) is 2.93. The molecular weight excluding hydrogens is 283 g/mol. The molecule has 3 rings (SSSR count). The number of rotatable bonds is 6. The average molecular weight is 302 g/mol. The van der Waals surface area contributed by atoms with Gasteiger partial charge < -0.3 is 10.1 Å². The standard InChI is InChI=1S/C16H19FN4O/c1-2-9-22-11-21-10-18-14-7-8-15(20-16(14)21)19-13-5-3-12(17)4-6-13/h3,5-8,10,12H,2,4,9,11H2,1H3,(H,19,20). The zero-order chi connectivity index (χ0) is 15.4. The highest BCUT2D eigenvalue weighted by atomic mass is 19.1. The predicted octanol–water partition coefficient (Wildman–Crippen LogP) is 3.41. The van der Waals surface area contributed by atoms with E-state index in [0.717, 1.165) is 23.3 Å². The largest absolute Gasteiger partial charge is 0.361 e. The van der Waals surface area contributed by atoms with Crippen LogP contribution in [0.25, 0.3) is 11.2 Å². The van der Waals surface area contributed by atoms with Crippen LogP contribution in [0.5, 0.6) is 0 Å². The third-order valence-electron chi connectivity index (χ3n) is 3.36. The number of anilines is 1. The molecule has 6 heteroatoms. The monoisotopic (exact) mass is 302 g/mol. The molecule has 2 aromatic rings. The molecule has 0 radical (unpaired) electrons. The molecule has 116 valence electrons. The number of nitrogens with one attached hydrogen (secondary N) is 1. The minimum Gasteiger partial charge on any atom is -0.361 e. The number of allylic oxidation sites excluding steroid dienone is 3. The number of fused-ring (bicyclic) bond motifs is 1. The van der Waals surface area contributed by atoms with Gasteiger partial charge in [0.25, 0.3) is 0 Å². The number of alkyl halides is 1. The van der Waals surface area contributed by atoms with Crippen molar-refractivity contribution in [2.75, 3.05) is 11.9 Å². The Labute approximate surface area is 128 Å². The molecule has 0 saturated heterocycles. The summed E-state index contributed by atoms with van der Waals surface area (Å²) in [6, 6.07) is 3.77. The van der Waals surface area contributed by atoms with Gasteiger partial charge in [0.15, 0.2) is 5.65 Å². The second-order valence-electron chi connectivity index (χ2n) is 5.19. The van der Waals surface area contributed by atoms with Crippen LogP contribution in [0, 0.1) is 0 Å². The van der Waals surface area contributed by atoms with Crippen LogP contribution in [0.1, 0.15) is 19.8 Å². The second kappa shape index (κ2) is 6.70. The Bertz CT molecular complexity index is 707. The molecule has 2 heterocycles. The van der Waals surface area contributed by atoms with E-state index in [-0.39, 0.29) is 0 Å². The number of nitrogens with zero attached hydrogens (tertiary/aromatic N) is 3. The minimum absolute atomic E-state index is 0.393. The van der Waals surface area contributed by atoms with Gasteiger partial charge in [-0.05, 0) is 30.7 Å². The minimum atomic E-state index is -0.891. The highest BCUT2D eigenvalue weighted by Crippen LogP contribution is 2.18. The fraction of sp³-hybridized carbons (Fsp3) is 0.375. The van der Waals surface area contributed by atoms with Crippen LogP contribution in [0.4, 0.5) is 10.2 Å². The summed E-state index contributed by atoms with van der Waals surface area (Å²) < 4.78 is 20.5. The lowest BCUT2D eigenvalue weighted by Gasteiger charge is -2.12. The van der Waals surface area contributed by atoms with Crippen LogP contribution in [0.2, 0.25) is 0 Å². The lowest BCUT2D eigenvalue weighted by atomic mass is 10.1. The number of pyridine rings is 1. The molecule has 1 atom stereocenters. The fourth-order valence-corrected chi connectivity index (χ4v) is 2.25. The Kier molecular flexibility index (Phi) is 4.48. The van der Waals surface area contributed by atoms with Gasteiger partial charge in [-0.15, -0.1) is 0 Å². The second-order valence-corrected chi connectivity index (χ2v) is 5.19. The van der Waals surface area contributed by atoms with Crippen molar-refractivity contribution in [3.8, 4) is 0 Å². The first-order valence-corrected chi connectivity index (χ1v) is 7.45. The highest BCUT2D eigenvalue weighted by molar-refractivity contribution is 5.73. The maximum Gasteiger partial charge on any atom is 0.164 e. The third kappa shape index (κ3) is 3.33. The van der Waals surface area contributed by atoms with E-state index in [0.29, 0.717) is 25.6 Å². The molecule has 1 N–H and O–H groups in total. The smallest absolute Gasteiger partial charge is 0.164 e. The molecular formula is C16H19FN4O. The van der Waals surface area contributed by atoms with E-state index in [9.17, 15) is 4.39 Å². The van der Waals surface area contributed by atoms with E-state index in [4.69, 9.17) is 4.74 Å². The van der Waals surface area contributed by atoms with Gasteiger partial charge in [-0.3, -0.25) is 4.57 Å². The van der Waals surface area contributed by atoms with Gasteiger partial charge in [-0.2, -0.15) is 0 Å². The van der Waals surface area contributed by atoms with Crippen LogP contribution in [0.3, 0.4) is 0 Å². The molecule has 1 unspecified atom stereocenters. The first-order chi connectivity index (χ1) is 10.8. The molecule has 5 nitrogen and oxygen atoms in total. The normalized spacial score (nSPS) is 17.7. The van der Waals surface area contributed by atoms with Gasteiger partial charge >= 0.3 is 0 Å². The van der Waals surface area contributed by atoms with Gasteiger partial charge in [0, 0.05) is 18.7 Å². The van der Waals surface area contributed by atoms with E-state index in [1.54, 1.807) is 18.5 Å². The molecule has 0 fully saturated rings. The lowest BCUT2D eigenvalue weighted by Crippen LogP contribution is -2.07. The quantitative estimate of drug-likeness (QED) is 0.831. The van der Waals surface area contributed by atoms with Gasteiger partial charge in [0.05, 0.1) is 6.33 Å². The van der Waals surface area contributed by atoms with Gasteiger partial charge in [0.2, 0.25) is 0 Å². The molecule has 0 saturated carbocycles. The topological polar surface area (TPSA) is 52.0 Å². The van der Waals surface area contributed by atoms with E-state index in [2.05, 4.69) is 22.2 Å². The van der Waals surface area contributed by atoms with Crippen molar-refractivity contribution >= 4 is 17.0 Å². The van der Waals surface area contributed by atoms with Crippen LogP contribution in [0.15, 0.2) is 42.4 Å². The van der Waals surface area contributed by atoms with Crippen molar-refractivity contribution < 1.29 is 9.13 Å².